The van der Waals surface area contributed by atoms with Gasteiger partial charge in [-0.15, -0.1) is 11.3 Å². The Balaban J connectivity index is 1.32. The molecule has 41 heavy (non-hydrogen) atoms. The van der Waals surface area contributed by atoms with Crippen molar-refractivity contribution in [2.45, 2.75) is 25.8 Å². The number of hydrogen-bond acceptors (Lipinski definition) is 6. The van der Waals surface area contributed by atoms with Crippen LogP contribution in [0, 0.1) is 0 Å². The first-order chi connectivity index (χ1) is 19.7. The Morgan fingerprint density at radius 2 is 1.98 bits per heavy atom. The number of imidazole rings is 1. The summed E-state index contributed by atoms with van der Waals surface area (Å²) in [6.45, 7) is 6.64. The van der Waals surface area contributed by atoms with E-state index in [9.17, 15) is 13.6 Å². The SMILES string of the molecule is C=C(c1nc2c(-c3ccc(C(C)=O)s3)cncc2[nH]1)c1cc(-c2cccc(CN3CCC(F)(F)C3)c2)ccc1NC. The van der Waals surface area contributed by atoms with Crippen molar-refractivity contribution in [3.8, 4) is 21.6 Å². The number of hydrogen-bond donors (Lipinski definition) is 2. The summed E-state index contributed by atoms with van der Waals surface area (Å²) in [5.41, 5.74) is 7.87. The molecule has 0 unspecified atom stereocenters. The van der Waals surface area contributed by atoms with Gasteiger partial charge in [0, 0.05) is 60.0 Å². The van der Waals surface area contributed by atoms with Gasteiger partial charge < -0.3 is 10.3 Å². The molecule has 4 heterocycles. The predicted molar refractivity (Wildman–Crippen MR) is 162 cm³/mol. The van der Waals surface area contributed by atoms with Gasteiger partial charge in [0.25, 0.3) is 5.92 Å². The number of nitrogens with one attached hydrogen (secondary N) is 2. The molecule has 1 aliphatic rings. The van der Waals surface area contributed by atoms with Crippen LogP contribution in [0.2, 0.25) is 0 Å². The van der Waals surface area contributed by atoms with Crippen LogP contribution in [-0.2, 0) is 6.54 Å². The molecule has 0 atom stereocenters. The number of aromatic amines is 1. The predicted octanol–water partition coefficient (Wildman–Crippen LogP) is 7.50. The Kier molecular flexibility index (Phi) is 7.01. The number of H-pyrrole nitrogens is 1. The summed E-state index contributed by atoms with van der Waals surface area (Å²) in [5.74, 6) is -1.96. The zero-order valence-corrected chi connectivity index (χ0v) is 23.6. The van der Waals surface area contributed by atoms with Crippen molar-refractivity contribution in [2.24, 2.45) is 0 Å². The molecular formula is C32H29F2N5OS. The summed E-state index contributed by atoms with van der Waals surface area (Å²) >= 11 is 1.42. The number of ketones is 1. The summed E-state index contributed by atoms with van der Waals surface area (Å²) in [7, 11) is 1.86. The molecule has 1 fully saturated rings. The van der Waals surface area contributed by atoms with Crippen LogP contribution in [0.5, 0.6) is 0 Å². The number of Topliss-reactive ketones (excluding diaryl/α,β-unsaturated/α-hetero) is 1. The molecule has 1 saturated heterocycles. The van der Waals surface area contributed by atoms with Crippen LogP contribution in [0.25, 0.3) is 38.2 Å². The lowest BCUT2D eigenvalue weighted by Gasteiger charge is -2.17. The Labute approximate surface area is 240 Å². The molecule has 2 N–H and O–H groups in total. The molecule has 0 saturated carbocycles. The van der Waals surface area contributed by atoms with Crippen molar-refractivity contribution in [1.82, 2.24) is 19.9 Å². The monoisotopic (exact) mass is 569 g/mol. The number of fused-ring (bicyclic) bond motifs is 1. The molecule has 5 aromatic rings. The Bertz CT molecular complexity index is 1790. The number of likely N-dealkylation sites (tertiary alicyclic amines) is 1. The second-order valence-electron chi connectivity index (χ2n) is 10.4. The first kappa shape index (κ1) is 27.0. The molecule has 208 valence electrons. The molecule has 1 aliphatic heterocycles. The number of anilines is 1. The minimum Gasteiger partial charge on any atom is -0.388 e. The Morgan fingerprint density at radius 1 is 1.15 bits per heavy atom. The third-order valence-electron chi connectivity index (χ3n) is 7.43. The lowest BCUT2D eigenvalue weighted by molar-refractivity contribution is 0.0115. The van der Waals surface area contributed by atoms with Gasteiger partial charge in [0.15, 0.2) is 5.78 Å². The van der Waals surface area contributed by atoms with Gasteiger partial charge in [-0.25, -0.2) is 13.8 Å². The second-order valence-corrected chi connectivity index (χ2v) is 11.5. The van der Waals surface area contributed by atoms with E-state index < -0.39 is 5.92 Å². The van der Waals surface area contributed by atoms with E-state index in [1.807, 2.05) is 49.5 Å². The highest BCUT2D eigenvalue weighted by Crippen LogP contribution is 2.36. The van der Waals surface area contributed by atoms with Crippen molar-refractivity contribution < 1.29 is 13.6 Å². The number of alkyl halides is 2. The average Bonchev–Trinajstić information content (AvgIpc) is 3.70. The van der Waals surface area contributed by atoms with E-state index in [4.69, 9.17) is 4.98 Å². The zero-order valence-electron chi connectivity index (χ0n) is 22.8. The van der Waals surface area contributed by atoms with E-state index in [1.54, 1.807) is 24.2 Å². The number of rotatable bonds is 8. The van der Waals surface area contributed by atoms with E-state index in [0.29, 0.717) is 29.4 Å². The van der Waals surface area contributed by atoms with Gasteiger partial charge in [-0.05, 0) is 53.9 Å². The first-order valence-corrected chi connectivity index (χ1v) is 14.2. The number of halogens is 2. The molecule has 3 aromatic heterocycles. The van der Waals surface area contributed by atoms with Gasteiger partial charge in [-0.1, -0.05) is 30.8 Å². The van der Waals surface area contributed by atoms with Crippen LogP contribution in [-0.4, -0.2) is 51.7 Å². The van der Waals surface area contributed by atoms with Crippen LogP contribution in [0.3, 0.4) is 0 Å². The van der Waals surface area contributed by atoms with Crippen molar-refractivity contribution in [1.29, 1.82) is 0 Å². The summed E-state index contributed by atoms with van der Waals surface area (Å²) < 4.78 is 27.4. The van der Waals surface area contributed by atoms with Crippen LogP contribution in [0.4, 0.5) is 14.5 Å². The topological polar surface area (TPSA) is 73.9 Å². The van der Waals surface area contributed by atoms with Crippen LogP contribution in [0.1, 0.15) is 40.0 Å². The zero-order chi connectivity index (χ0) is 28.7. The minimum absolute atomic E-state index is 0.0279. The Hall–Kier alpha value is -4.21. The minimum atomic E-state index is -2.61. The summed E-state index contributed by atoms with van der Waals surface area (Å²) in [6.07, 6.45) is 3.41. The van der Waals surface area contributed by atoms with Crippen molar-refractivity contribution >= 4 is 39.4 Å². The highest BCUT2D eigenvalue weighted by atomic mass is 32.1. The van der Waals surface area contributed by atoms with Crippen molar-refractivity contribution in [2.75, 3.05) is 25.5 Å². The molecule has 0 amide bonds. The maximum absolute atomic E-state index is 13.7. The normalized spacial score (nSPS) is 14.9. The standard InChI is InChI=1S/C32H29F2N5OS/c1-19(31-37-27-16-36-15-25(30(27)38-31)29-10-9-28(41-29)20(2)40)24-14-23(7-8-26(24)35-3)22-6-4-5-21(13-22)17-39-12-11-32(33,34)18-39/h4-10,13-16,35H,1,11-12,17-18H2,2-3H3,(H,37,38). The third kappa shape index (κ3) is 5.42. The van der Waals surface area contributed by atoms with Gasteiger partial charge >= 0.3 is 0 Å². The van der Waals surface area contributed by atoms with E-state index in [1.165, 1.54) is 11.3 Å². The highest BCUT2D eigenvalue weighted by Gasteiger charge is 2.37. The highest BCUT2D eigenvalue weighted by molar-refractivity contribution is 7.17. The van der Waals surface area contributed by atoms with Gasteiger partial charge in [0.1, 0.15) is 11.3 Å². The van der Waals surface area contributed by atoms with Crippen LogP contribution >= 0.6 is 11.3 Å². The fraction of sp³-hybridized carbons (Fsp3) is 0.219. The number of aromatic nitrogens is 3. The largest absolute Gasteiger partial charge is 0.388 e. The molecule has 9 heteroatoms. The number of carbonyl (C=O) groups excluding carboxylic acids is 1. The smallest absolute Gasteiger partial charge is 0.261 e. The summed E-state index contributed by atoms with van der Waals surface area (Å²) in [4.78, 5) is 27.9. The van der Waals surface area contributed by atoms with Gasteiger partial charge in [0.2, 0.25) is 0 Å². The molecule has 2 aromatic carbocycles. The molecule has 0 radical (unpaired) electrons. The third-order valence-corrected chi connectivity index (χ3v) is 8.65. The molecule has 6 rings (SSSR count). The first-order valence-electron chi connectivity index (χ1n) is 13.4. The maximum atomic E-state index is 13.7. The van der Waals surface area contributed by atoms with Crippen molar-refractivity contribution in [3.05, 3.63) is 95.4 Å². The molecule has 0 bridgehead atoms. The van der Waals surface area contributed by atoms with Gasteiger partial charge in [-0.3, -0.25) is 14.7 Å². The molecule has 0 aliphatic carbocycles. The summed E-state index contributed by atoms with van der Waals surface area (Å²) in [6, 6.07) is 17.9. The van der Waals surface area contributed by atoms with Crippen LogP contribution in [0.15, 0.2) is 73.6 Å². The van der Waals surface area contributed by atoms with E-state index >= 15 is 0 Å². The second kappa shape index (κ2) is 10.6. The number of nitrogens with zero attached hydrogens (tertiary/aromatic N) is 3. The molecular weight excluding hydrogens is 540 g/mol. The van der Waals surface area contributed by atoms with E-state index in [-0.39, 0.29) is 18.7 Å². The molecule has 6 nitrogen and oxygen atoms in total. The van der Waals surface area contributed by atoms with Crippen molar-refractivity contribution in [3.63, 3.8) is 0 Å². The number of thiophene rings is 1. The maximum Gasteiger partial charge on any atom is 0.261 e. The van der Waals surface area contributed by atoms with Gasteiger partial charge in [-0.2, -0.15) is 0 Å². The fourth-order valence-corrected chi connectivity index (χ4v) is 6.21. The quantitative estimate of drug-likeness (QED) is 0.189. The van der Waals surface area contributed by atoms with Gasteiger partial charge in [0.05, 0.1) is 23.1 Å². The number of pyridine rings is 1. The lowest BCUT2D eigenvalue weighted by atomic mass is 9.96. The van der Waals surface area contributed by atoms with Crippen LogP contribution < -0.4 is 5.32 Å². The molecule has 0 spiro atoms. The van der Waals surface area contributed by atoms with E-state index in [0.717, 1.165) is 49.4 Å². The summed E-state index contributed by atoms with van der Waals surface area (Å²) in [5, 5.41) is 3.25. The average molecular weight is 570 g/mol. The van der Waals surface area contributed by atoms with E-state index in [2.05, 4.69) is 34.0 Å². The number of carbonyl (C=O) groups is 1. The number of benzene rings is 2. The lowest BCUT2D eigenvalue weighted by Crippen LogP contribution is -2.24. The Morgan fingerprint density at radius 3 is 2.71 bits per heavy atom. The fourth-order valence-electron chi connectivity index (χ4n) is 5.30.